The summed E-state index contributed by atoms with van der Waals surface area (Å²) in [5, 5.41) is 13.1. The number of rotatable bonds is 4. The molecule has 2 atom stereocenters. The molecule has 0 radical (unpaired) electrons. The molecule has 0 saturated heterocycles. The number of hydrogen-bond donors (Lipinski definition) is 2. The fourth-order valence-corrected chi connectivity index (χ4v) is 3.28. The zero-order valence-electron chi connectivity index (χ0n) is 11.8. The first-order valence-corrected chi connectivity index (χ1v) is 7.16. The molecule has 0 aliphatic heterocycles. The highest BCUT2D eigenvalue weighted by molar-refractivity contribution is 5.83. The second-order valence-corrected chi connectivity index (χ2v) is 5.62. The molecular formula is C16H23NO2. The number of aryl methyl sites for hydroxylation is 1. The predicted molar refractivity (Wildman–Crippen MR) is 77.4 cm³/mol. The van der Waals surface area contributed by atoms with E-state index in [1.165, 1.54) is 0 Å². The van der Waals surface area contributed by atoms with Gasteiger partial charge < -0.3 is 10.4 Å². The van der Waals surface area contributed by atoms with Gasteiger partial charge in [0.05, 0.1) is 0 Å². The molecule has 3 heteroatoms. The van der Waals surface area contributed by atoms with Crippen molar-refractivity contribution in [3.8, 4) is 0 Å². The normalized spacial score (nSPS) is 26.9. The van der Waals surface area contributed by atoms with E-state index in [-0.39, 0.29) is 5.92 Å². The molecule has 1 aromatic rings. The number of anilines is 1. The number of aliphatic carboxylic acids is 1. The average Bonchev–Trinajstić information content (AvgIpc) is 2.39. The molecule has 1 aromatic carbocycles. The van der Waals surface area contributed by atoms with Crippen molar-refractivity contribution in [2.24, 2.45) is 5.92 Å². The number of carbonyl (C=O) groups is 1. The number of carboxylic acid groups (broad SMARTS) is 1. The van der Waals surface area contributed by atoms with Gasteiger partial charge >= 0.3 is 5.97 Å². The minimum absolute atomic E-state index is 0.208. The number of nitrogens with one attached hydrogen (secondary N) is 1. The number of carboxylic acids is 1. The van der Waals surface area contributed by atoms with E-state index in [0.717, 1.165) is 43.4 Å². The molecule has 2 N–H and O–H groups in total. The van der Waals surface area contributed by atoms with Gasteiger partial charge in [0.15, 0.2) is 0 Å². The van der Waals surface area contributed by atoms with Gasteiger partial charge in [-0.1, -0.05) is 38.3 Å². The summed E-state index contributed by atoms with van der Waals surface area (Å²) < 4.78 is 0. The summed E-state index contributed by atoms with van der Waals surface area (Å²) in [6.45, 7) is 4.11. The van der Waals surface area contributed by atoms with Gasteiger partial charge in [0.2, 0.25) is 0 Å². The Morgan fingerprint density at radius 3 is 2.89 bits per heavy atom. The van der Waals surface area contributed by atoms with E-state index in [9.17, 15) is 9.90 Å². The van der Waals surface area contributed by atoms with Crippen LogP contribution in [0.3, 0.4) is 0 Å². The van der Waals surface area contributed by atoms with E-state index in [1.807, 2.05) is 31.2 Å². The Hall–Kier alpha value is -1.51. The average molecular weight is 261 g/mol. The third-order valence-corrected chi connectivity index (χ3v) is 4.33. The maximum absolute atomic E-state index is 11.9. The first-order chi connectivity index (χ1) is 9.08. The summed E-state index contributed by atoms with van der Waals surface area (Å²) >= 11 is 0. The predicted octanol–water partition coefficient (Wildman–Crippen LogP) is 3.83. The second kappa shape index (κ2) is 5.64. The fraction of sp³-hybridized carbons (Fsp3) is 0.562. The largest absolute Gasteiger partial charge is 0.479 e. The van der Waals surface area contributed by atoms with Crippen molar-refractivity contribution in [1.82, 2.24) is 0 Å². The molecule has 0 bridgehead atoms. The van der Waals surface area contributed by atoms with Gasteiger partial charge in [-0.2, -0.15) is 0 Å². The monoisotopic (exact) mass is 261 g/mol. The van der Waals surface area contributed by atoms with Gasteiger partial charge in [0, 0.05) is 5.69 Å². The Morgan fingerprint density at radius 2 is 2.26 bits per heavy atom. The van der Waals surface area contributed by atoms with Gasteiger partial charge in [0.1, 0.15) is 5.54 Å². The third kappa shape index (κ3) is 2.75. The van der Waals surface area contributed by atoms with Crippen LogP contribution in [0, 0.1) is 12.8 Å². The van der Waals surface area contributed by atoms with Crippen LogP contribution in [0.15, 0.2) is 24.3 Å². The highest BCUT2D eigenvalue weighted by Crippen LogP contribution is 2.38. The molecule has 3 nitrogen and oxygen atoms in total. The molecular weight excluding hydrogens is 238 g/mol. The molecule has 0 amide bonds. The molecule has 1 fully saturated rings. The minimum Gasteiger partial charge on any atom is -0.479 e. The molecule has 1 aliphatic carbocycles. The van der Waals surface area contributed by atoms with Crippen molar-refractivity contribution in [3.05, 3.63) is 29.8 Å². The highest BCUT2D eigenvalue weighted by Gasteiger charge is 2.46. The SMILES string of the molecule is CCC1CCCCC1(Nc1cccc(C)c1)C(=O)O. The number of hydrogen-bond acceptors (Lipinski definition) is 2. The van der Waals surface area contributed by atoms with Gasteiger partial charge in [-0.15, -0.1) is 0 Å². The molecule has 2 unspecified atom stereocenters. The molecule has 2 rings (SSSR count). The van der Waals surface area contributed by atoms with Crippen LogP contribution in [0.2, 0.25) is 0 Å². The summed E-state index contributed by atoms with van der Waals surface area (Å²) in [4.78, 5) is 11.9. The standard InChI is InChI=1S/C16H23NO2/c1-3-13-8-4-5-10-16(13,15(18)19)17-14-9-6-7-12(2)11-14/h6-7,9,11,13,17H,3-5,8,10H2,1-2H3,(H,18,19). The van der Waals surface area contributed by atoms with E-state index in [1.54, 1.807) is 0 Å². The lowest BCUT2D eigenvalue weighted by Gasteiger charge is -2.41. The highest BCUT2D eigenvalue weighted by atomic mass is 16.4. The zero-order valence-corrected chi connectivity index (χ0v) is 11.8. The van der Waals surface area contributed by atoms with Crippen molar-refractivity contribution in [2.45, 2.75) is 51.5 Å². The van der Waals surface area contributed by atoms with Crippen LogP contribution in [0.1, 0.15) is 44.6 Å². The van der Waals surface area contributed by atoms with Crippen molar-refractivity contribution < 1.29 is 9.90 Å². The summed E-state index contributed by atoms with van der Waals surface area (Å²) in [7, 11) is 0. The van der Waals surface area contributed by atoms with Crippen molar-refractivity contribution in [1.29, 1.82) is 0 Å². The Bertz CT molecular complexity index is 458. The molecule has 0 aromatic heterocycles. The minimum atomic E-state index is -0.791. The Kier molecular flexibility index (Phi) is 4.13. The van der Waals surface area contributed by atoms with E-state index >= 15 is 0 Å². The molecule has 1 saturated carbocycles. The van der Waals surface area contributed by atoms with E-state index in [2.05, 4.69) is 12.2 Å². The lowest BCUT2D eigenvalue weighted by molar-refractivity contribution is -0.145. The molecule has 1 aliphatic rings. The van der Waals surface area contributed by atoms with Crippen LogP contribution >= 0.6 is 0 Å². The van der Waals surface area contributed by atoms with Gasteiger partial charge in [0.25, 0.3) is 0 Å². The summed E-state index contributed by atoms with van der Waals surface area (Å²) in [5.41, 5.74) is 1.28. The van der Waals surface area contributed by atoms with Crippen molar-refractivity contribution >= 4 is 11.7 Å². The Balaban J connectivity index is 2.31. The van der Waals surface area contributed by atoms with Gasteiger partial charge in [-0.25, -0.2) is 4.79 Å². The van der Waals surface area contributed by atoms with Crippen molar-refractivity contribution in [2.75, 3.05) is 5.32 Å². The lowest BCUT2D eigenvalue weighted by atomic mass is 9.71. The zero-order chi connectivity index (χ0) is 13.9. The Labute approximate surface area is 115 Å². The molecule has 0 spiro atoms. The van der Waals surface area contributed by atoms with Crippen LogP contribution in [0.25, 0.3) is 0 Å². The lowest BCUT2D eigenvalue weighted by Crippen LogP contribution is -2.54. The summed E-state index contributed by atoms with van der Waals surface area (Å²) in [5.74, 6) is -0.500. The van der Waals surface area contributed by atoms with Crippen LogP contribution in [-0.4, -0.2) is 16.6 Å². The topological polar surface area (TPSA) is 49.3 Å². The van der Waals surface area contributed by atoms with Gasteiger partial charge in [-0.05, 0) is 43.4 Å². The van der Waals surface area contributed by atoms with Crippen LogP contribution in [-0.2, 0) is 4.79 Å². The summed E-state index contributed by atoms with van der Waals surface area (Å²) in [6, 6.07) is 7.97. The van der Waals surface area contributed by atoms with Gasteiger partial charge in [-0.3, -0.25) is 0 Å². The number of benzene rings is 1. The van der Waals surface area contributed by atoms with Crippen LogP contribution in [0.4, 0.5) is 5.69 Å². The maximum Gasteiger partial charge on any atom is 0.329 e. The smallest absolute Gasteiger partial charge is 0.329 e. The van der Waals surface area contributed by atoms with E-state index < -0.39 is 11.5 Å². The molecule has 104 valence electrons. The van der Waals surface area contributed by atoms with Crippen molar-refractivity contribution in [3.63, 3.8) is 0 Å². The molecule has 0 heterocycles. The fourth-order valence-electron chi connectivity index (χ4n) is 3.28. The summed E-state index contributed by atoms with van der Waals surface area (Å²) in [6.07, 6.45) is 4.76. The third-order valence-electron chi connectivity index (χ3n) is 4.33. The first-order valence-electron chi connectivity index (χ1n) is 7.16. The Morgan fingerprint density at radius 1 is 1.47 bits per heavy atom. The van der Waals surface area contributed by atoms with Crippen LogP contribution < -0.4 is 5.32 Å². The van der Waals surface area contributed by atoms with Crippen LogP contribution in [0.5, 0.6) is 0 Å². The second-order valence-electron chi connectivity index (χ2n) is 5.62. The quantitative estimate of drug-likeness (QED) is 0.866. The van der Waals surface area contributed by atoms with E-state index in [0.29, 0.717) is 0 Å². The molecule has 19 heavy (non-hydrogen) atoms. The van der Waals surface area contributed by atoms with E-state index in [4.69, 9.17) is 0 Å². The first kappa shape index (κ1) is 13.9. The maximum atomic E-state index is 11.9.